The maximum absolute atomic E-state index is 11.8. The topological polar surface area (TPSA) is 76.0 Å². The zero-order valence-electron chi connectivity index (χ0n) is 12.9. The van der Waals surface area contributed by atoms with Crippen LogP contribution in [0.25, 0.3) is 0 Å². The molecule has 4 rings (SSSR count). The molecule has 2 aliphatic heterocycles. The molecule has 1 aromatic rings. The molecule has 1 saturated heterocycles. The van der Waals surface area contributed by atoms with Crippen molar-refractivity contribution in [2.75, 3.05) is 6.61 Å². The summed E-state index contributed by atoms with van der Waals surface area (Å²) in [7, 11) is -0.888. The fraction of sp³-hybridized carbons (Fsp3) is 0.562. The quantitative estimate of drug-likeness (QED) is 0.651. The van der Waals surface area contributed by atoms with E-state index in [0.29, 0.717) is 10.6 Å². The third kappa shape index (κ3) is 2.64. The first-order chi connectivity index (χ1) is 11.1. The number of fused-ring (bicyclic) bond motifs is 3. The van der Waals surface area contributed by atoms with Crippen LogP contribution >= 0.6 is 11.8 Å². The van der Waals surface area contributed by atoms with Gasteiger partial charge in [0.2, 0.25) is 0 Å². The van der Waals surface area contributed by atoms with Crippen LogP contribution in [0.15, 0.2) is 17.0 Å². The van der Waals surface area contributed by atoms with Crippen molar-refractivity contribution in [2.24, 2.45) is 0 Å². The van der Waals surface area contributed by atoms with Crippen LogP contribution in [0.4, 0.5) is 0 Å². The van der Waals surface area contributed by atoms with Crippen molar-refractivity contribution in [3.8, 4) is 5.75 Å². The van der Waals surface area contributed by atoms with Gasteiger partial charge in [-0.1, -0.05) is 13.0 Å². The van der Waals surface area contributed by atoms with E-state index < -0.39 is 13.1 Å². The van der Waals surface area contributed by atoms with E-state index in [1.807, 2.05) is 12.1 Å². The van der Waals surface area contributed by atoms with Gasteiger partial charge in [0.1, 0.15) is 11.3 Å². The molecule has 0 radical (unpaired) electrons. The fourth-order valence-corrected chi connectivity index (χ4v) is 4.86. The normalized spacial score (nSPS) is 29.5. The number of carboxylic acid groups (broad SMARTS) is 1. The summed E-state index contributed by atoms with van der Waals surface area (Å²) in [5, 5.41) is 19.8. The monoisotopic (exact) mass is 334 g/mol. The molecule has 5 nitrogen and oxygen atoms in total. The highest BCUT2D eigenvalue weighted by Gasteiger charge is 2.54. The van der Waals surface area contributed by atoms with Gasteiger partial charge in [0, 0.05) is 22.6 Å². The minimum Gasteiger partial charge on any atom is -0.535 e. The Balaban J connectivity index is 1.67. The molecule has 3 aliphatic rings. The number of ether oxygens (including phenoxy) is 1. The van der Waals surface area contributed by atoms with Gasteiger partial charge in [-0.05, 0) is 36.8 Å². The second-order valence-electron chi connectivity index (χ2n) is 6.55. The van der Waals surface area contributed by atoms with Gasteiger partial charge in [-0.25, -0.2) is 4.79 Å². The Morgan fingerprint density at radius 3 is 3.00 bits per heavy atom. The van der Waals surface area contributed by atoms with Crippen molar-refractivity contribution in [1.82, 2.24) is 0 Å². The molecule has 0 spiro atoms. The van der Waals surface area contributed by atoms with E-state index in [0.717, 1.165) is 31.4 Å². The van der Waals surface area contributed by atoms with Crippen LogP contribution in [0, 0.1) is 0 Å². The third-order valence-electron chi connectivity index (χ3n) is 5.01. The molecule has 2 fully saturated rings. The van der Waals surface area contributed by atoms with Crippen molar-refractivity contribution >= 4 is 24.8 Å². The highest BCUT2D eigenvalue weighted by Crippen LogP contribution is 2.60. The lowest BCUT2D eigenvalue weighted by atomic mass is 9.77. The first kappa shape index (κ1) is 15.4. The van der Waals surface area contributed by atoms with Crippen LogP contribution < -0.4 is 4.65 Å². The van der Waals surface area contributed by atoms with Crippen LogP contribution in [0.1, 0.15) is 48.0 Å². The minimum atomic E-state index is -1.00. The van der Waals surface area contributed by atoms with Crippen molar-refractivity contribution in [1.29, 1.82) is 0 Å². The Labute approximate surface area is 139 Å². The van der Waals surface area contributed by atoms with E-state index in [1.54, 1.807) is 0 Å². The van der Waals surface area contributed by atoms with Crippen molar-refractivity contribution in [3.05, 3.63) is 23.3 Å². The van der Waals surface area contributed by atoms with E-state index in [9.17, 15) is 14.9 Å². The molecule has 2 heterocycles. The lowest BCUT2D eigenvalue weighted by Gasteiger charge is -2.24. The summed E-state index contributed by atoms with van der Waals surface area (Å²) in [6.07, 6.45) is 3.10. The standard InChI is InChI=1S/C16H19BO5S/c1-8(12-3-2-6-21-12)23-13-5-4-9-10-7-11(10)17(20)22-15(9)14(13)16(18)19/h4-5,8,10-12,20H,2-3,6-7H2,1H3,(H,18,19)/t8-,10+,11+,12+/m0/s1. The van der Waals surface area contributed by atoms with Gasteiger partial charge in [0.15, 0.2) is 0 Å². The number of carboxylic acids is 1. The number of aromatic carboxylic acids is 1. The third-order valence-corrected chi connectivity index (χ3v) is 6.28. The Kier molecular flexibility index (Phi) is 3.82. The molecule has 0 bridgehead atoms. The summed E-state index contributed by atoms with van der Waals surface area (Å²) in [5.41, 5.74) is 1.11. The summed E-state index contributed by atoms with van der Waals surface area (Å²) < 4.78 is 11.3. The average Bonchev–Trinajstić information content (AvgIpc) is 3.13. The predicted molar refractivity (Wildman–Crippen MR) is 87.4 cm³/mol. The first-order valence-corrected chi connectivity index (χ1v) is 8.97. The van der Waals surface area contributed by atoms with Crippen LogP contribution in [-0.4, -0.2) is 41.2 Å². The highest BCUT2D eigenvalue weighted by atomic mass is 32.2. The zero-order chi connectivity index (χ0) is 16.1. The maximum Gasteiger partial charge on any atom is 0.526 e. The number of carbonyl (C=O) groups is 1. The Morgan fingerprint density at radius 2 is 2.30 bits per heavy atom. The number of hydrogen-bond donors (Lipinski definition) is 2. The highest BCUT2D eigenvalue weighted by molar-refractivity contribution is 8.00. The van der Waals surface area contributed by atoms with Crippen LogP contribution in [-0.2, 0) is 4.74 Å². The van der Waals surface area contributed by atoms with Crippen molar-refractivity contribution in [2.45, 2.75) is 54.2 Å². The van der Waals surface area contributed by atoms with Gasteiger partial charge >= 0.3 is 13.1 Å². The molecule has 1 aromatic carbocycles. The zero-order valence-corrected chi connectivity index (χ0v) is 13.7. The molecule has 2 N–H and O–H groups in total. The predicted octanol–water partition coefficient (Wildman–Crippen LogP) is 2.77. The SMILES string of the molecule is C[C@H](Sc1ccc2c(c1C(=O)O)OB(O)[C@@H]1C[C@H]21)[C@H]1CCCO1. The Hall–Kier alpha value is -1.18. The van der Waals surface area contributed by atoms with E-state index in [1.165, 1.54) is 11.8 Å². The van der Waals surface area contributed by atoms with Crippen LogP contribution in [0.5, 0.6) is 5.75 Å². The molecule has 4 atom stereocenters. The first-order valence-electron chi connectivity index (χ1n) is 8.09. The van der Waals surface area contributed by atoms with Gasteiger partial charge in [0.05, 0.1) is 6.10 Å². The lowest BCUT2D eigenvalue weighted by molar-refractivity contribution is 0.0690. The van der Waals surface area contributed by atoms with E-state index in [-0.39, 0.29) is 28.7 Å². The van der Waals surface area contributed by atoms with Gasteiger partial charge in [-0.2, -0.15) is 0 Å². The minimum absolute atomic E-state index is 0.119. The Bertz CT molecular complexity index is 646. The Morgan fingerprint density at radius 1 is 1.48 bits per heavy atom. The average molecular weight is 334 g/mol. The molecule has 0 aromatic heterocycles. The maximum atomic E-state index is 11.8. The molecular weight excluding hydrogens is 315 g/mol. The number of thioether (sulfide) groups is 1. The van der Waals surface area contributed by atoms with Gasteiger partial charge in [-0.15, -0.1) is 11.8 Å². The molecule has 23 heavy (non-hydrogen) atoms. The van der Waals surface area contributed by atoms with E-state index in [4.69, 9.17) is 9.39 Å². The molecule has 0 unspecified atom stereocenters. The largest absolute Gasteiger partial charge is 0.535 e. The number of benzene rings is 1. The van der Waals surface area contributed by atoms with Crippen molar-refractivity contribution < 1.29 is 24.3 Å². The molecule has 1 saturated carbocycles. The summed E-state index contributed by atoms with van der Waals surface area (Å²) >= 11 is 1.52. The van der Waals surface area contributed by atoms with Crippen LogP contribution in [0.2, 0.25) is 5.82 Å². The summed E-state index contributed by atoms with van der Waals surface area (Å²) in [5.74, 6) is -0.293. The number of rotatable bonds is 4. The van der Waals surface area contributed by atoms with Crippen molar-refractivity contribution in [3.63, 3.8) is 0 Å². The number of hydrogen-bond acceptors (Lipinski definition) is 5. The van der Waals surface area contributed by atoms with Gasteiger partial charge < -0.3 is 19.5 Å². The van der Waals surface area contributed by atoms with Crippen LogP contribution in [0.3, 0.4) is 0 Å². The molecule has 1 aliphatic carbocycles. The fourth-order valence-electron chi connectivity index (χ4n) is 3.64. The van der Waals surface area contributed by atoms with Gasteiger partial charge in [-0.3, -0.25) is 0 Å². The second-order valence-corrected chi connectivity index (χ2v) is 7.97. The molecule has 7 heteroatoms. The van der Waals surface area contributed by atoms with Gasteiger partial charge in [0.25, 0.3) is 0 Å². The van der Waals surface area contributed by atoms with E-state index >= 15 is 0 Å². The summed E-state index contributed by atoms with van der Waals surface area (Å²) in [6, 6.07) is 3.84. The lowest BCUT2D eigenvalue weighted by Crippen LogP contribution is -2.27. The smallest absolute Gasteiger partial charge is 0.526 e. The molecule has 0 amide bonds. The molecular formula is C16H19BO5S. The summed E-state index contributed by atoms with van der Waals surface area (Å²) in [6.45, 7) is 2.85. The second kappa shape index (κ2) is 5.72. The molecule has 122 valence electrons. The van der Waals surface area contributed by atoms with E-state index in [2.05, 4.69) is 6.92 Å². The summed E-state index contributed by atoms with van der Waals surface area (Å²) in [4.78, 5) is 12.5.